The summed E-state index contributed by atoms with van der Waals surface area (Å²) in [6, 6.07) is 13.1. The smallest absolute Gasteiger partial charge is 0.347 e. The van der Waals surface area contributed by atoms with Crippen LogP contribution in [-0.2, 0) is 27.2 Å². The molecule has 0 bridgehead atoms. The van der Waals surface area contributed by atoms with Crippen molar-refractivity contribution in [2.45, 2.75) is 19.3 Å². The van der Waals surface area contributed by atoms with Crippen molar-refractivity contribution in [1.29, 1.82) is 0 Å². The van der Waals surface area contributed by atoms with Gasteiger partial charge in [0.1, 0.15) is 22.1 Å². The Kier molecular flexibility index (Phi) is 7.94. The first-order valence-electron chi connectivity index (χ1n) is 11.2. The van der Waals surface area contributed by atoms with Gasteiger partial charge in [-0.15, -0.1) is 11.3 Å². The number of hydrogen-bond donors (Lipinski definition) is 2. The molecule has 2 N–H and O–H groups in total. The molecule has 2 aromatic carbocycles. The summed E-state index contributed by atoms with van der Waals surface area (Å²) in [6.07, 6.45) is 3.75. The van der Waals surface area contributed by atoms with Gasteiger partial charge < -0.3 is 19.5 Å². The first kappa shape index (κ1) is 25.6. The molecular weight excluding hydrogens is 498 g/mol. The second-order valence-corrected chi connectivity index (χ2v) is 8.97. The van der Waals surface area contributed by atoms with Crippen molar-refractivity contribution in [2.24, 2.45) is 5.10 Å². The molecule has 190 valence electrons. The van der Waals surface area contributed by atoms with E-state index in [-0.39, 0.29) is 16.3 Å². The molecule has 0 radical (unpaired) electrons. The summed E-state index contributed by atoms with van der Waals surface area (Å²) >= 11 is 1.27. The molecule has 0 atom stereocenters. The van der Waals surface area contributed by atoms with Crippen LogP contribution in [0, 0.1) is 0 Å². The number of benzene rings is 2. The molecule has 10 nitrogen and oxygen atoms in total. The fourth-order valence-electron chi connectivity index (χ4n) is 3.82. The zero-order valence-electron chi connectivity index (χ0n) is 20.0. The Morgan fingerprint density at radius 1 is 0.973 bits per heavy atom. The van der Waals surface area contributed by atoms with Gasteiger partial charge in [0.2, 0.25) is 0 Å². The normalized spacial score (nSPS) is 12.1. The molecule has 37 heavy (non-hydrogen) atoms. The molecule has 1 aliphatic rings. The zero-order valence-corrected chi connectivity index (χ0v) is 20.8. The maximum Gasteiger partial charge on any atom is 0.347 e. The summed E-state index contributed by atoms with van der Waals surface area (Å²) in [5.41, 5.74) is 4.08. The van der Waals surface area contributed by atoms with Crippen LogP contribution in [0.1, 0.15) is 43.1 Å². The van der Waals surface area contributed by atoms with Crippen molar-refractivity contribution in [1.82, 2.24) is 5.43 Å². The third kappa shape index (κ3) is 5.84. The number of methoxy groups -OCH3 is 2. The van der Waals surface area contributed by atoms with Gasteiger partial charge in [-0.2, -0.15) is 5.10 Å². The SMILES string of the molecule is COC(=O)c1c(NC(=O)C(=O)NN=Cc2cccc(OC(=O)c3ccccc3OC)c2)sc2c1CCC2. The number of anilines is 1. The lowest BCUT2D eigenvalue weighted by Gasteiger charge is -2.08. The molecule has 11 heteroatoms. The Morgan fingerprint density at radius 2 is 1.78 bits per heavy atom. The minimum atomic E-state index is -1.01. The number of hydrazone groups is 1. The molecule has 0 saturated heterocycles. The predicted octanol–water partition coefficient (Wildman–Crippen LogP) is 3.34. The average Bonchev–Trinajstić information content (AvgIpc) is 3.49. The first-order chi connectivity index (χ1) is 17.9. The third-order valence-corrected chi connectivity index (χ3v) is 6.73. The molecule has 4 rings (SSSR count). The molecule has 0 unspecified atom stereocenters. The number of ether oxygens (including phenoxy) is 3. The lowest BCUT2D eigenvalue weighted by Crippen LogP contribution is -2.32. The van der Waals surface area contributed by atoms with E-state index in [1.54, 1.807) is 48.5 Å². The second kappa shape index (κ2) is 11.5. The van der Waals surface area contributed by atoms with Crippen molar-refractivity contribution < 1.29 is 33.4 Å². The van der Waals surface area contributed by atoms with Crippen molar-refractivity contribution in [3.63, 3.8) is 0 Å². The number of para-hydroxylation sites is 1. The summed E-state index contributed by atoms with van der Waals surface area (Å²) in [6.45, 7) is 0. The molecule has 0 fully saturated rings. The Balaban J connectivity index is 1.37. The summed E-state index contributed by atoms with van der Waals surface area (Å²) in [4.78, 5) is 50.4. The van der Waals surface area contributed by atoms with Gasteiger partial charge >= 0.3 is 23.8 Å². The van der Waals surface area contributed by atoms with Crippen molar-refractivity contribution in [3.05, 3.63) is 75.7 Å². The highest BCUT2D eigenvalue weighted by Gasteiger charge is 2.29. The van der Waals surface area contributed by atoms with E-state index in [1.807, 2.05) is 0 Å². The number of carbonyl (C=O) groups is 4. The number of amides is 2. The van der Waals surface area contributed by atoms with Crippen LogP contribution in [0.3, 0.4) is 0 Å². The maximum atomic E-state index is 12.5. The van der Waals surface area contributed by atoms with Crippen LogP contribution in [-0.4, -0.2) is 44.2 Å². The molecule has 0 saturated carbocycles. The van der Waals surface area contributed by atoms with Crippen LogP contribution in [0.2, 0.25) is 0 Å². The Hall–Kier alpha value is -4.51. The first-order valence-corrected chi connectivity index (χ1v) is 12.1. The summed E-state index contributed by atoms with van der Waals surface area (Å²) < 4.78 is 15.4. The number of fused-ring (bicyclic) bond motifs is 1. The van der Waals surface area contributed by atoms with E-state index in [0.717, 1.165) is 29.7 Å². The van der Waals surface area contributed by atoms with E-state index < -0.39 is 23.8 Å². The van der Waals surface area contributed by atoms with Gasteiger partial charge in [-0.25, -0.2) is 15.0 Å². The highest BCUT2D eigenvalue weighted by atomic mass is 32.1. The van der Waals surface area contributed by atoms with Gasteiger partial charge in [-0.05, 0) is 54.7 Å². The van der Waals surface area contributed by atoms with Gasteiger partial charge in [0, 0.05) is 4.88 Å². The number of nitrogens with zero attached hydrogens (tertiary/aromatic N) is 1. The number of aryl methyl sites for hydroxylation is 1. The molecule has 3 aromatic rings. The van der Waals surface area contributed by atoms with Gasteiger partial charge in [0.25, 0.3) is 0 Å². The third-order valence-electron chi connectivity index (χ3n) is 5.52. The topological polar surface area (TPSA) is 132 Å². The number of esters is 2. The molecule has 1 aromatic heterocycles. The van der Waals surface area contributed by atoms with Crippen LogP contribution in [0.25, 0.3) is 0 Å². The fourth-order valence-corrected chi connectivity index (χ4v) is 5.09. The molecule has 0 spiro atoms. The van der Waals surface area contributed by atoms with Gasteiger partial charge in [-0.3, -0.25) is 9.59 Å². The van der Waals surface area contributed by atoms with Crippen molar-refractivity contribution in [2.75, 3.05) is 19.5 Å². The van der Waals surface area contributed by atoms with Gasteiger partial charge in [-0.1, -0.05) is 24.3 Å². The Labute approximate surface area is 216 Å². The summed E-state index contributed by atoms with van der Waals surface area (Å²) in [7, 11) is 2.73. The molecule has 2 amide bonds. The van der Waals surface area contributed by atoms with E-state index in [1.165, 1.54) is 31.8 Å². The van der Waals surface area contributed by atoms with Crippen LogP contribution < -0.4 is 20.2 Å². The molecular formula is C26H23N3O7S. The highest BCUT2D eigenvalue weighted by molar-refractivity contribution is 7.17. The van der Waals surface area contributed by atoms with E-state index in [9.17, 15) is 19.2 Å². The Morgan fingerprint density at radius 3 is 2.57 bits per heavy atom. The van der Waals surface area contributed by atoms with E-state index in [0.29, 0.717) is 16.9 Å². The molecule has 1 heterocycles. The van der Waals surface area contributed by atoms with E-state index in [2.05, 4.69) is 15.8 Å². The number of rotatable bonds is 7. The number of carbonyl (C=O) groups excluding carboxylic acids is 4. The lowest BCUT2D eigenvalue weighted by molar-refractivity contribution is -0.136. The van der Waals surface area contributed by atoms with Crippen molar-refractivity contribution in [3.8, 4) is 11.5 Å². The van der Waals surface area contributed by atoms with Crippen LogP contribution in [0.15, 0.2) is 53.6 Å². The molecule has 0 aliphatic heterocycles. The second-order valence-electron chi connectivity index (χ2n) is 7.87. The lowest BCUT2D eigenvalue weighted by atomic mass is 10.1. The average molecular weight is 522 g/mol. The number of thiophene rings is 1. The largest absolute Gasteiger partial charge is 0.496 e. The van der Waals surface area contributed by atoms with E-state index >= 15 is 0 Å². The van der Waals surface area contributed by atoms with Crippen molar-refractivity contribution >= 4 is 46.3 Å². The number of nitrogens with one attached hydrogen (secondary N) is 2. The van der Waals surface area contributed by atoms with Gasteiger partial charge in [0.05, 0.1) is 26.0 Å². The molecule has 1 aliphatic carbocycles. The zero-order chi connectivity index (χ0) is 26.4. The minimum absolute atomic E-state index is 0.255. The highest BCUT2D eigenvalue weighted by Crippen LogP contribution is 2.39. The van der Waals surface area contributed by atoms with Crippen LogP contribution >= 0.6 is 11.3 Å². The van der Waals surface area contributed by atoms with E-state index in [4.69, 9.17) is 14.2 Å². The Bertz CT molecular complexity index is 1400. The minimum Gasteiger partial charge on any atom is -0.496 e. The number of hydrogen-bond acceptors (Lipinski definition) is 9. The monoisotopic (exact) mass is 521 g/mol. The maximum absolute atomic E-state index is 12.5. The predicted molar refractivity (Wildman–Crippen MR) is 136 cm³/mol. The summed E-state index contributed by atoms with van der Waals surface area (Å²) in [5.74, 6) is -2.50. The van der Waals surface area contributed by atoms with Crippen LogP contribution in [0.5, 0.6) is 11.5 Å². The standard InChI is InChI=1S/C26H23N3O7S/c1-34-19-11-4-3-9-17(19)25(32)36-16-8-5-7-15(13-16)14-27-29-23(31)22(30)28-24-21(26(33)35-2)18-10-6-12-20(18)37-24/h3-5,7-9,11,13-14H,6,10,12H2,1-2H3,(H,28,30)(H,29,31). The van der Waals surface area contributed by atoms with Gasteiger partial charge in [0.15, 0.2) is 0 Å². The summed E-state index contributed by atoms with van der Waals surface area (Å²) in [5, 5.41) is 6.57. The quantitative estimate of drug-likeness (QED) is 0.160. The van der Waals surface area contributed by atoms with Crippen LogP contribution in [0.4, 0.5) is 5.00 Å². The fraction of sp³-hybridized carbons (Fsp3) is 0.192.